The molecule has 7 heteroatoms. The van der Waals surface area contributed by atoms with Crippen molar-refractivity contribution in [1.29, 1.82) is 0 Å². The number of halogens is 1. The molecular weight excluding hydrogens is 304 g/mol. The van der Waals surface area contributed by atoms with Crippen LogP contribution in [0.1, 0.15) is 26.2 Å². The molecule has 1 aliphatic heterocycles. The first-order chi connectivity index (χ1) is 10.6. The second-order valence-corrected chi connectivity index (χ2v) is 5.94. The van der Waals surface area contributed by atoms with Crippen molar-refractivity contribution in [2.24, 2.45) is 0 Å². The van der Waals surface area contributed by atoms with E-state index in [2.05, 4.69) is 20.5 Å². The maximum Gasteiger partial charge on any atom is 0.315 e. The number of hydrogen-bond donors (Lipinski definition) is 3. The molecule has 1 fully saturated rings. The molecule has 2 amide bonds. The van der Waals surface area contributed by atoms with Crippen molar-refractivity contribution in [2.75, 3.05) is 24.5 Å². The minimum absolute atomic E-state index is 0.0568. The number of carbonyl (C=O) groups is 1. The van der Waals surface area contributed by atoms with Gasteiger partial charge in [-0.3, -0.25) is 0 Å². The van der Waals surface area contributed by atoms with Crippen molar-refractivity contribution >= 4 is 23.4 Å². The normalized spacial score (nSPS) is 19.0. The molecule has 0 bridgehead atoms. The van der Waals surface area contributed by atoms with Crippen LogP contribution in [-0.2, 0) is 0 Å². The maximum atomic E-state index is 11.8. The largest absolute Gasteiger partial charge is 0.391 e. The Morgan fingerprint density at radius 2 is 2.45 bits per heavy atom. The number of urea groups is 1. The van der Waals surface area contributed by atoms with Gasteiger partial charge < -0.3 is 20.6 Å². The number of aromatic nitrogens is 1. The van der Waals surface area contributed by atoms with Gasteiger partial charge >= 0.3 is 6.03 Å². The van der Waals surface area contributed by atoms with Gasteiger partial charge in [0.15, 0.2) is 0 Å². The minimum atomic E-state index is -0.483. The highest BCUT2D eigenvalue weighted by Crippen LogP contribution is 2.25. The van der Waals surface area contributed by atoms with Crippen molar-refractivity contribution in [3.8, 4) is 0 Å². The van der Waals surface area contributed by atoms with Crippen molar-refractivity contribution < 1.29 is 9.90 Å². The van der Waals surface area contributed by atoms with Crippen LogP contribution in [0.5, 0.6) is 0 Å². The molecule has 1 aromatic heterocycles. The Balaban J connectivity index is 1.77. The van der Waals surface area contributed by atoms with Gasteiger partial charge in [0.1, 0.15) is 5.82 Å². The SMILES string of the molecule is CCCC(O)CNC(=O)NC1CCN(c2ncccc2Cl)C1. The van der Waals surface area contributed by atoms with E-state index < -0.39 is 6.10 Å². The summed E-state index contributed by atoms with van der Waals surface area (Å²) in [6, 6.07) is 3.43. The molecule has 1 saturated heterocycles. The lowest BCUT2D eigenvalue weighted by atomic mass is 10.2. The second-order valence-electron chi connectivity index (χ2n) is 5.54. The van der Waals surface area contributed by atoms with Gasteiger partial charge in [0.25, 0.3) is 0 Å². The Morgan fingerprint density at radius 1 is 1.64 bits per heavy atom. The Labute approximate surface area is 135 Å². The van der Waals surface area contributed by atoms with Crippen LogP contribution in [0, 0.1) is 0 Å². The van der Waals surface area contributed by atoms with Crippen molar-refractivity contribution in [3.05, 3.63) is 23.4 Å². The molecule has 0 radical (unpaired) electrons. The second kappa shape index (κ2) is 8.19. The Morgan fingerprint density at radius 3 is 3.18 bits per heavy atom. The number of rotatable bonds is 6. The molecule has 0 saturated carbocycles. The molecule has 0 aliphatic carbocycles. The lowest BCUT2D eigenvalue weighted by Crippen LogP contribution is -2.45. The lowest BCUT2D eigenvalue weighted by Gasteiger charge is -2.19. The average Bonchev–Trinajstić information content (AvgIpc) is 2.94. The molecule has 3 N–H and O–H groups in total. The predicted molar refractivity (Wildman–Crippen MR) is 87.3 cm³/mol. The first-order valence-corrected chi connectivity index (χ1v) is 8.05. The summed E-state index contributed by atoms with van der Waals surface area (Å²) in [7, 11) is 0. The highest BCUT2D eigenvalue weighted by atomic mass is 35.5. The fraction of sp³-hybridized carbons (Fsp3) is 0.600. The molecule has 22 heavy (non-hydrogen) atoms. The smallest absolute Gasteiger partial charge is 0.315 e. The van der Waals surface area contributed by atoms with Crippen LogP contribution in [0.3, 0.4) is 0 Å². The highest BCUT2D eigenvalue weighted by molar-refractivity contribution is 6.32. The number of amides is 2. The molecular formula is C15H23ClN4O2. The predicted octanol–water partition coefficient (Wildman–Crippen LogP) is 1.77. The number of carbonyl (C=O) groups excluding carboxylic acids is 1. The van der Waals surface area contributed by atoms with E-state index in [0.717, 1.165) is 25.2 Å². The molecule has 6 nitrogen and oxygen atoms in total. The number of nitrogens with zero attached hydrogens (tertiary/aromatic N) is 2. The van der Waals surface area contributed by atoms with Gasteiger partial charge in [0.2, 0.25) is 0 Å². The average molecular weight is 327 g/mol. The van der Waals surface area contributed by atoms with E-state index in [-0.39, 0.29) is 18.6 Å². The highest BCUT2D eigenvalue weighted by Gasteiger charge is 2.26. The third-order valence-electron chi connectivity index (χ3n) is 3.68. The van der Waals surface area contributed by atoms with Gasteiger partial charge in [-0.2, -0.15) is 0 Å². The molecule has 2 rings (SSSR count). The Bertz CT molecular complexity index is 500. The fourth-order valence-corrected chi connectivity index (χ4v) is 2.80. The van der Waals surface area contributed by atoms with Crippen LogP contribution in [0.25, 0.3) is 0 Å². The molecule has 2 unspecified atom stereocenters. The summed E-state index contributed by atoms with van der Waals surface area (Å²) < 4.78 is 0. The number of pyridine rings is 1. The van der Waals surface area contributed by atoms with Crippen molar-refractivity contribution in [1.82, 2.24) is 15.6 Å². The first-order valence-electron chi connectivity index (χ1n) is 7.68. The summed E-state index contributed by atoms with van der Waals surface area (Å²) in [6.07, 6.45) is 3.66. The molecule has 122 valence electrons. The Kier molecular flexibility index (Phi) is 6.27. The van der Waals surface area contributed by atoms with Gasteiger partial charge in [-0.15, -0.1) is 0 Å². The van der Waals surface area contributed by atoms with E-state index in [4.69, 9.17) is 11.6 Å². The number of nitrogens with one attached hydrogen (secondary N) is 2. The van der Waals surface area contributed by atoms with Gasteiger partial charge in [-0.1, -0.05) is 24.9 Å². The van der Waals surface area contributed by atoms with Crippen molar-refractivity contribution in [2.45, 2.75) is 38.3 Å². The van der Waals surface area contributed by atoms with Gasteiger partial charge in [0, 0.05) is 31.9 Å². The first kappa shape index (κ1) is 16.8. The van der Waals surface area contributed by atoms with E-state index in [1.165, 1.54) is 0 Å². The topological polar surface area (TPSA) is 77.5 Å². The molecule has 0 aromatic carbocycles. The summed E-state index contributed by atoms with van der Waals surface area (Å²) in [6.45, 7) is 3.77. The monoisotopic (exact) mass is 326 g/mol. The zero-order valence-corrected chi connectivity index (χ0v) is 13.5. The van der Waals surface area contributed by atoms with Gasteiger partial charge in [-0.25, -0.2) is 9.78 Å². The van der Waals surface area contributed by atoms with Crippen molar-refractivity contribution in [3.63, 3.8) is 0 Å². The number of hydrogen-bond acceptors (Lipinski definition) is 4. The summed E-state index contributed by atoms with van der Waals surface area (Å²) in [5.74, 6) is 0.757. The standard InChI is InChI=1S/C15H23ClN4O2/c1-2-4-12(21)9-18-15(22)19-11-6-8-20(10-11)14-13(16)5-3-7-17-14/h3,5,7,11-12,21H,2,4,6,8-10H2,1H3,(H2,18,19,22). The van der Waals surface area contributed by atoms with Crippen LogP contribution in [0.15, 0.2) is 18.3 Å². The third-order valence-corrected chi connectivity index (χ3v) is 3.98. The van der Waals surface area contributed by atoms with E-state index in [0.29, 0.717) is 18.0 Å². The minimum Gasteiger partial charge on any atom is -0.391 e. The number of aliphatic hydroxyl groups excluding tert-OH is 1. The quantitative estimate of drug-likeness (QED) is 0.744. The number of anilines is 1. The molecule has 0 spiro atoms. The summed E-state index contributed by atoms with van der Waals surface area (Å²) in [4.78, 5) is 18.2. The molecule has 2 atom stereocenters. The van der Waals surface area contributed by atoms with Crippen LogP contribution in [0.4, 0.5) is 10.6 Å². The van der Waals surface area contributed by atoms with E-state index in [1.807, 2.05) is 13.0 Å². The lowest BCUT2D eigenvalue weighted by molar-refractivity contribution is 0.160. The Hall–Kier alpha value is -1.53. The molecule has 1 aliphatic rings. The van der Waals surface area contributed by atoms with E-state index in [9.17, 15) is 9.90 Å². The van der Waals surface area contributed by atoms with E-state index in [1.54, 1.807) is 12.3 Å². The molecule has 2 heterocycles. The summed E-state index contributed by atoms with van der Waals surface area (Å²) >= 11 is 6.14. The van der Waals surface area contributed by atoms with Gasteiger partial charge in [0.05, 0.1) is 11.1 Å². The maximum absolute atomic E-state index is 11.8. The number of aliphatic hydroxyl groups is 1. The fourth-order valence-electron chi connectivity index (χ4n) is 2.56. The summed E-state index contributed by atoms with van der Waals surface area (Å²) in [5, 5.41) is 15.8. The van der Waals surface area contributed by atoms with Crippen LogP contribution >= 0.6 is 11.6 Å². The van der Waals surface area contributed by atoms with E-state index >= 15 is 0 Å². The van der Waals surface area contributed by atoms with Crippen LogP contribution in [0.2, 0.25) is 5.02 Å². The zero-order chi connectivity index (χ0) is 15.9. The van der Waals surface area contributed by atoms with Gasteiger partial charge in [-0.05, 0) is 25.0 Å². The summed E-state index contributed by atoms with van der Waals surface area (Å²) in [5.41, 5.74) is 0. The molecule has 1 aromatic rings. The van der Waals surface area contributed by atoms with Crippen LogP contribution < -0.4 is 15.5 Å². The zero-order valence-electron chi connectivity index (χ0n) is 12.8. The van der Waals surface area contributed by atoms with Crippen LogP contribution in [-0.4, -0.2) is 47.9 Å². The third kappa shape index (κ3) is 4.74.